The third-order valence-electron chi connectivity index (χ3n) is 3.50. The molecule has 0 unspecified atom stereocenters. The van der Waals surface area contributed by atoms with E-state index in [2.05, 4.69) is 26.5 Å². The number of hydrazine groups is 1. The van der Waals surface area contributed by atoms with Gasteiger partial charge >= 0.3 is 6.03 Å². The average Bonchev–Trinajstić information content (AvgIpc) is 3.16. The van der Waals surface area contributed by atoms with Crippen molar-refractivity contribution in [3.05, 3.63) is 58.9 Å². The number of thiazole rings is 1. The molecule has 0 saturated heterocycles. The number of thiocarbonyl (C=S) groups is 1. The largest absolute Gasteiger partial charge is 0.497 e. The van der Waals surface area contributed by atoms with Crippen LogP contribution in [0.3, 0.4) is 0 Å². The lowest BCUT2D eigenvalue weighted by Crippen LogP contribution is -2.45. The van der Waals surface area contributed by atoms with E-state index >= 15 is 0 Å². The molecule has 2 aromatic carbocycles. The first kappa shape index (κ1) is 19.9. The minimum absolute atomic E-state index is 0.237. The fourth-order valence-corrected chi connectivity index (χ4v) is 3.17. The maximum Gasteiger partial charge on any atom is 0.339 e. The Kier molecular flexibility index (Phi) is 6.64. The Balaban J connectivity index is 1.47. The summed E-state index contributed by atoms with van der Waals surface area (Å²) < 4.78 is 5.09. The molecule has 28 heavy (non-hydrogen) atoms. The SMILES string of the molecule is COc1ccc(NC(=S)NNC(=O)Nc2nc(-c3ccc(Cl)cc3)cs2)cc1. The topological polar surface area (TPSA) is 87.3 Å². The number of anilines is 2. The summed E-state index contributed by atoms with van der Waals surface area (Å²) in [5.41, 5.74) is 7.49. The fraction of sp³-hybridized carbons (Fsp3) is 0.0556. The number of rotatable bonds is 4. The summed E-state index contributed by atoms with van der Waals surface area (Å²) in [5.74, 6) is 0.739. The van der Waals surface area contributed by atoms with E-state index in [1.54, 1.807) is 43.5 Å². The van der Waals surface area contributed by atoms with Gasteiger partial charge in [-0.2, -0.15) is 0 Å². The molecule has 10 heteroatoms. The number of nitrogens with zero attached hydrogens (tertiary/aromatic N) is 1. The maximum atomic E-state index is 12.0. The van der Waals surface area contributed by atoms with Gasteiger partial charge in [0.05, 0.1) is 12.8 Å². The summed E-state index contributed by atoms with van der Waals surface area (Å²) in [6.07, 6.45) is 0. The van der Waals surface area contributed by atoms with Crippen molar-refractivity contribution in [2.75, 3.05) is 17.7 Å². The van der Waals surface area contributed by atoms with Crippen molar-refractivity contribution in [2.24, 2.45) is 0 Å². The summed E-state index contributed by atoms with van der Waals surface area (Å²) in [5, 5.41) is 8.78. The number of hydrogen-bond acceptors (Lipinski definition) is 5. The second kappa shape index (κ2) is 9.36. The van der Waals surface area contributed by atoms with E-state index in [4.69, 9.17) is 28.6 Å². The van der Waals surface area contributed by atoms with Crippen molar-refractivity contribution in [3.63, 3.8) is 0 Å². The van der Waals surface area contributed by atoms with Gasteiger partial charge in [0.2, 0.25) is 0 Å². The van der Waals surface area contributed by atoms with Crippen LogP contribution in [0.15, 0.2) is 53.9 Å². The third-order valence-corrected chi connectivity index (χ3v) is 4.72. The highest BCUT2D eigenvalue weighted by Crippen LogP contribution is 2.25. The van der Waals surface area contributed by atoms with Gasteiger partial charge in [-0.05, 0) is 48.6 Å². The number of aromatic nitrogens is 1. The van der Waals surface area contributed by atoms with Crippen molar-refractivity contribution in [2.45, 2.75) is 0 Å². The van der Waals surface area contributed by atoms with Crippen LogP contribution in [-0.4, -0.2) is 23.2 Å². The lowest BCUT2D eigenvalue weighted by atomic mass is 10.2. The Morgan fingerprint density at radius 2 is 1.79 bits per heavy atom. The lowest BCUT2D eigenvalue weighted by molar-refractivity contribution is 0.250. The average molecular weight is 434 g/mol. The Bertz CT molecular complexity index is 961. The lowest BCUT2D eigenvalue weighted by Gasteiger charge is -2.11. The maximum absolute atomic E-state index is 12.0. The van der Waals surface area contributed by atoms with Gasteiger partial charge in [0.15, 0.2) is 10.2 Å². The molecule has 2 amide bonds. The highest BCUT2D eigenvalue weighted by Gasteiger charge is 2.08. The third kappa shape index (κ3) is 5.56. The molecule has 1 heterocycles. The number of nitrogens with one attached hydrogen (secondary N) is 4. The predicted molar refractivity (Wildman–Crippen MR) is 117 cm³/mol. The summed E-state index contributed by atoms with van der Waals surface area (Å²) in [6, 6.07) is 14.0. The van der Waals surface area contributed by atoms with E-state index in [-0.39, 0.29) is 5.11 Å². The van der Waals surface area contributed by atoms with Crippen LogP contribution in [0, 0.1) is 0 Å². The van der Waals surface area contributed by atoms with Crippen LogP contribution in [0.1, 0.15) is 0 Å². The Labute approximate surface area is 176 Å². The number of carbonyl (C=O) groups is 1. The van der Waals surface area contributed by atoms with Crippen LogP contribution in [0.2, 0.25) is 5.02 Å². The molecule has 0 bridgehead atoms. The van der Waals surface area contributed by atoms with Gasteiger partial charge in [0, 0.05) is 21.7 Å². The predicted octanol–water partition coefficient (Wildman–Crippen LogP) is 4.50. The molecule has 0 aliphatic heterocycles. The Morgan fingerprint density at radius 1 is 1.07 bits per heavy atom. The molecule has 0 aliphatic rings. The van der Waals surface area contributed by atoms with Gasteiger partial charge in [-0.15, -0.1) is 11.3 Å². The number of carbonyl (C=O) groups excluding carboxylic acids is 1. The number of methoxy groups -OCH3 is 1. The van der Waals surface area contributed by atoms with Crippen LogP contribution in [0.25, 0.3) is 11.3 Å². The summed E-state index contributed by atoms with van der Waals surface area (Å²) in [7, 11) is 1.60. The summed E-state index contributed by atoms with van der Waals surface area (Å²) in [6.45, 7) is 0. The second-order valence-corrected chi connectivity index (χ2v) is 7.13. The van der Waals surface area contributed by atoms with Gasteiger partial charge in [-0.1, -0.05) is 23.7 Å². The van der Waals surface area contributed by atoms with Crippen molar-refractivity contribution < 1.29 is 9.53 Å². The van der Waals surface area contributed by atoms with E-state index in [9.17, 15) is 4.79 Å². The quantitative estimate of drug-likeness (QED) is 0.358. The first-order valence-electron chi connectivity index (χ1n) is 8.03. The van der Waals surface area contributed by atoms with Crippen LogP contribution in [0.5, 0.6) is 5.75 Å². The zero-order valence-corrected chi connectivity index (χ0v) is 17.0. The van der Waals surface area contributed by atoms with E-state index in [1.165, 1.54) is 11.3 Å². The summed E-state index contributed by atoms with van der Waals surface area (Å²) >= 11 is 12.3. The van der Waals surface area contributed by atoms with Gasteiger partial charge in [0.25, 0.3) is 0 Å². The molecule has 144 valence electrons. The Hall–Kier alpha value is -2.88. The number of halogens is 1. The molecular formula is C18H16ClN5O2S2. The number of urea groups is 1. The first-order valence-corrected chi connectivity index (χ1v) is 9.69. The van der Waals surface area contributed by atoms with E-state index < -0.39 is 6.03 Å². The Morgan fingerprint density at radius 3 is 2.46 bits per heavy atom. The normalized spacial score (nSPS) is 10.1. The zero-order chi connectivity index (χ0) is 19.9. The van der Waals surface area contributed by atoms with Crippen molar-refractivity contribution in [1.82, 2.24) is 15.8 Å². The number of hydrogen-bond donors (Lipinski definition) is 4. The monoisotopic (exact) mass is 433 g/mol. The highest BCUT2D eigenvalue weighted by molar-refractivity contribution is 7.80. The molecule has 0 aliphatic carbocycles. The molecular weight excluding hydrogens is 418 g/mol. The first-order chi connectivity index (χ1) is 13.5. The van der Waals surface area contributed by atoms with E-state index in [0.29, 0.717) is 10.2 Å². The van der Waals surface area contributed by atoms with Gasteiger partial charge < -0.3 is 10.1 Å². The minimum Gasteiger partial charge on any atom is -0.497 e. The molecule has 0 fully saturated rings. The van der Waals surface area contributed by atoms with Crippen LogP contribution in [0.4, 0.5) is 15.6 Å². The molecule has 0 saturated carbocycles. The minimum atomic E-state index is -0.490. The zero-order valence-electron chi connectivity index (χ0n) is 14.7. The number of ether oxygens (including phenoxy) is 1. The second-order valence-electron chi connectivity index (χ2n) is 5.43. The van der Waals surface area contributed by atoms with E-state index in [1.807, 2.05) is 17.5 Å². The molecule has 4 N–H and O–H groups in total. The van der Waals surface area contributed by atoms with Gasteiger partial charge in [-0.3, -0.25) is 10.7 Å². The number of benzene rings is 2. The van der Waals surface area contributed by atoms with Crippen molar-refractivity contribution in [3.8, 4) is 17.0 Å². The smallest absolute Gasteiger partial charge is 0.339 e. The fourth-order valence-electron chi connectivity index (χ4n) is 2.16. The van der Waals surface area contributed by atoms with Gasteiger partial charge in [-0.25, -0.2) is 15.2 Å². The molecule has 3 aromatic rings. The highest BCUT2D eigenvalue weighted by atomic mass is 35.5. The van der Waals surface area contributed by atoms with Gasteiger partial charge in [0.1, 0.15) is 5.75 Å². The van der Waals surface area contributed by atoms with Crippen LogP contribution >= 0.6 is 35.2 Å². The molecule has 7 nitrogen and oxygen atoms in total. The molecule has 0 spiro atoms. The molecule has 0 radical (unpaired) electrons. The van der Waals surface area contributed by atoms with E-state index in [0.717, 1.165) is 22.7 Å². The molecule has 3 rings (SSSR count). The van der Waals surface area contributed by atoms with Crippen LogP contribution < -0.4 is 26.2 Å². The standard InChI is InChI=1S/C18H16ClN5O2S2/c1-26-14-8-6-13(7-9-14)20-17(27)24-23-16(25)22-18-21-15(10-28-18)11-2-4-12(19)5-3-11/h2-10H,1H3,(H2,20,24,27)(H2,21,22,23,25). The molecule has 1 aromatic heterocycles. The molecule has 0 atom stereocenters. The van der Waals surface area contributed by atoms with Crippen molar-refractivity contribution in [1.29, 1.82) is 0 Å². The number of amides is 2. The van der Waals surface area contributed by atoms with Crippen LogP contribution in [-0.2, 0) is 0 Å². The van der Waals surface area contributed by atoms with Crippen molar-refractivity contribution >= 4 is 57.1 Å². The summed E-state index contributed by atoms with van der Waals surface area (Å²) in [4.78, 5) is 16.4.